The summed E-state index contributed by atoms with van der Waals surface area (Å²) in [7, 11) is -7.50. The largest absolute Gasteiger partial charge is 0.415 e. The average Bonchev–Trinajstić information content (AvgIpc) is 2.39. The van der Waals surface area contributed by atoms with E-state index < -0.39 is 45.7 Å². The molecule has 0 radical (unpaired) electrons. The van der Waals surface area contributed by atoms with Gasteiger partial charge in [0.2, 0.25) is 0 Å². The first-order valence-corrected chi connectivity index (χ1v) is 23.9. The normalized spacial score (nSPS) is 30.5. The van der Waals surface area contributed by atoms with E-state index in [1.54, 1.807) is 0 Å². The molecule has 10 heteroatoms. The molecule has 1 aliphatic heterocycles. The summed E-state index contributed by atoms with van der Waals surface area (Å²) >= 11 is 0. The SMILES string of the molecule is C[Si](C)(C)OC[C@H]1O[C@H](O)[C@H](O[Si](C)(C)C)[C@H](O[Si](C)(C)C)[C@H]1O[Si](C)(C)C. The van der Waals surface area contributed by atoms with E-state index in [-0.39, 0.29) is 18.3 Å². The van der Waals surface area contributed by atoms with Gasteiger partial charge in [0, 0.05) is 0 Å². The maximum Gasteiger partial charge on any atom is 0.184 e. The molecule has 1 rings (SSSR count). The van der Waals surface area contributed by atoms with Gasteiger partial charge in [-0.15, -0.1) is 0 Å². The molecule has 0 aromatic heterocycles. The molecule has 0 spiro atoms. The highest BCUT2D eigenvalue weighted by molar-refractivity contribution is 6.71. The van der Waals surface area contributed by atoms with Crippen LogP contribution in [0.1, 0.15) is 0 Å². The Balaban J connectivity index is 3.26. The number of hydrogen-bond donors (Lipinski definition) is 1. The maximum absolute atomic E-state index is 10.8. The average molecular weight is 469 g/mol. The van der Waals surface area contributed by atoms with Gasteiger partial charge in [0.25, 0.3) is 0 Å². The van der Waals surface area contributed by atoms with Gasteiger partial charge in [-0.25, -0.2) is 0 Å². The molecule has 1 fully saturated rings. The fraction of sp³-hybridized carbons (Fsp3) is 1.00. The molecule has 0 unspecified atom stereocenters. The first-order chi connectivity index (χ1) is 12.3. The Morgan fingerprint density at radius 2 is 1.00 bits per heavy atom. The van der Waals surface area contributed by atoms with E-state index in [9.17, 15) is 5.11 Å². The third kappa shape index (κ3) is 10.1. The molecule has 28 heavy (non-hydrogen) atoms. The highest BCUT2D eigenvalue weighted by Crippen LogP contribution is 2.33. The van der Waals surface area contributed by atoms with E-state index in [1.807, 2.05) is 0 Å². The standard InChI is InChI=1S/C18H44O6Si4/c1-25(2,3)20-13-14-15(22-26(4,5)6)16(23-27(7,8)9)17(18(19)21-14)24-28(10,11)12/h14-19H,13H2,1-12H3/t14-,15+,16-,17-,18+/m1/s1. The number of aliphatic hydroxyl groups is 1. The summed E-state index contributed by atoms with van der Waals surface area (Å²) in [6.07, 6.45) is -2.67. The lowest BCUT2D eigenvalue weighted by Crippen LogP contribution is -2.66. The van der Waals surface area contributed by atoms with Crippen molar-refractivity contribution in [3.63, 3.8) is 0 Å². The predicted octanol–water partition coefficient (Wildman–Crippen LogP) is 4.22. The lowest BCUT2D eigenvalue weighted by atomic mass is 9.99. The Labute approximate surface area is 176 Å². The molecule has 0 saturated carbocycles. The fourth-order valence-electron chi connectivity index (χ4n) is 2.99. The minimum absolute atomic E-state index is 0.320. The number of rotatable bonds is 9. The van der Waals surface area contributed by atoms with Crippen LogP contribution in [0.25, 0.3) is 0 Å². The van der Waals surface area contributed by atoms with E-state index in [0.29, 0.717) is 6.61 Å². The maximum atomic E-state index is 10.8. The van der Waals surface area contributed by atoms with Crippen molar-refractivity contribution in [2.24, 2.45) is 0 Å². The molecule has 5 atom stereocenters. The predicted molar refractivity (Wildman–Crippen MR) is 125 cm³/mol. The second kappa shape index (κ2) is 9.41. The van der Waals surface area contributed by atoms with Crippen molar-refractivity contribution < 1.29 is 27.5 Å². The van der Waals surface area contributed by atoms with E-state index in [0.717, 1.165) is 0 Å². The van der Waals surface area contributed by atoms with Gasteiger partial charge in [-0.3, -0.25) is 0 Å². The van der Waals surface area contributed by atoms with Crippen LogP contribution in [0.2, 0.25) is 78.6 Å². The smallest absolute Gasteiger partial charge is 0.184 e. The van der Waals surface area contributed by atoms with Gasteiger partial charge >= 0.3 is 0 Å². The second-order valence-corrected chi connectivity index (χ2v) is 29.5. The lowest BCUT2D eigenvalue weighted by molar-refractivity contribution is -0.274. The summed E-state index contributed by atoms with van der Waals surface area (Å²) < 4.78 is 31.7. The summed E-state index contributed by atoms with van der Waals surface area (Å²) in [5.74, 6) is 0. The minimum Gasteiger partial charge on any atom is -0.415 e. The third-order valence-corrected chi connectivity index (χ3v) is 7.73. The lowest BCUT2D eigenvalue weighted by Gasteiger charge is -2.49. The summed E-state index contributed by atoms with van der Waals surface area (Å²) in [6, 6.07) is 0. The molecular formula is C18H44O6Si4. The Bertz CT molecular complexity index is 492. The Morgan fingerprint density at radius 1 is 0.607 bits per heavy atom. The van der Waals surface area contributed by atoms with Crippen LogP contribution in [0.4, 0.5) is 0 Å². The zero-order chi connectivity index (χ0) is 22.1. The molecule has 1 saturated heterocycles. The van der Waals surface area contributed by atoms with Gasteiger partial charge in [-0.1, -0.05) is 0 Å². The van der Waals surface area contributed by atoms with Crippen LogP contribution in [-0.2, 0) is 22.4 Å². The van der Waals surface area contributed by atoms with Gasteiger partial charge in [-0.2, -0.15) is 0 Å². The molecule has 1 heterocycles. The Hall–Kier alpha value is 0.628. The van der Waals surface area contributed by atoms with Crippen molar-refractivity contribution in [3.05, 3.63) is 0 Å². The van der Waals surface area contributed by atoms with E-state index >= 15 is 0 Å². The molecule has 6 nitrogen and oxygen atoms in total. The molecule has 0 aliphatic carbocycles. The monoisotopic (exact) mass is 468 g/mol. The third-order valence-electron chi connectivity index (χ3n) is 3.76. The van der Waals surface area contributed by atoms with Crippen LogP contribution in [0.5, 0.6) is 0 Å². The van der Waals surface area contributed by atoms with Crippen LogP contribution >= 0.6 is 0 Å². The van der Waals surface area contributed by atoms with Gasteiger partial charge in [0.15, 0.2) is 39.6 Å². The first-order valence-electron chi connectivity index (χ1n) is 10.3. The van der Waals surface area contributed by atoms with Crippen molar-refractivity contribution >= 4 is 33.3 Å². The zero-order valence-electron chi connectivity index (χ0n) is 20.1. The van der Waals surface area contributed by atoms with Crippen LogP contribution in [0.15, 0.2) is 0 Å². The van der Waals surface area contributed by atoms with Gasteiger partial charge in [0.05, 0.1) is 6.61 Å². The number of hydrogen-bond acceptors (Lipinski definition) is 6. The zero-order valence-corrected chi connectivity index (χ0v) is 24.1. The van der Waals surface area contributed by atoms with Gasteiger partial charge in [-0.05, 0) is 78.6 Å². The summed E-state index contributed by atoms with van der Waals surface area (Å²) in [5.41, 5.74) is 0. The van der Waals surface area contributed by atoms with E-state index in [1.165, 1.54) is 0 Å². The Kier molecular flexibility index (Phi) is 8.96. The summed E-state index contributed by atoms with van der Waals surface area (Å²) in [5, 5.41) is 10.8. The van der Waals surface area contributed by atoms with Gasteiger partial charge in [0.1, 0.15) is 24.4 Å². The number of aliphatic hydroxyl groups excluding tert-OH is 1. The van der Waals surface area contributed by atoms with Crippen molar-refractivity contribution in [1.82, 2.24) is 0 Å². The fourth-order valence-corrected chi connectivity index (χ4v) is 6.91. The summed E-state index contributed by atoms with van der Waals surface area (Å²) in [4.78, 5) is 0. The molecule has 0 aromatic rings. The summed E-state index contributed by atoms with van der Waals surface area (Å²) in [6.45, 7) is 26.1. The quantitative estimate of drug-likeness (QED) is 0.511. The Morgan fingerprint density at radius 3 is 1.39 bits per heavy atom. The molecule has 1 aliphatic rings. The van der Waals surface area contributed by atoms with Crippen LogP contribution in [-0.4, -0.2) is 75.7 Å². The van der Waals surface area contributed by atoms with E-state index in [4.69, 9.17) is 22.4 Å². The molecular weight excluding hydrogens is 425 g/mol. The topological polar surface area (TPSA) is 66.4 Å². The van der Waals surface area contributed by atoms with E-state index in [2.05, 4.69) is 78.6 Å². The van der Waals surface area contributed by atoms with Crippen molar-refractivity contribution in [2.75, 3.05) is 6.61 Å². The van der Waals surface area contributed by atoms with Crippen LogP contribution < -0.4 is 0 Å². The van der Waals surface area contributed by atoms with Crippen LogP contribution in [0.3, 0.4) is 0 Å². The molecule has 168 valence electrons. The molecule has 0 bridgehead atoms. The number of ether oxygens (including phenoxy) is 1. The first kappa shape index (κ1) is 26.7. The second-order valence-electron chi connectivity index (χ2n) is 11.6. The molecule has 0 aromatic carbocycles. The highest BCUT2D eigenvalue weighted by Gasteiger charge is 2.51. The van der Waals surface area contributed by atoms with Crippen molar-refractivity contribution in [3.8, 4) is 0 Å². The van der Waals surface area contributed by atoms with Crippen LogP contribution in [0, 0.1) is 0 Å². The van der Waals surface area contributed by atoms with Gasteiger partial charge < -0.3 is 27.5 Å². The van der Waals surface area contributed by atoms with Crippen molar-refractivity contribution in [1.29, 1.82) is 0 Å². The highest BCUT2D eigenvalue weighted by atomic mass is 28.4. The molecule has 0 amide bonds. The minimum atomic E-state index is -1.94. The molecule has 1 N–H and O–H groups in total. The van der Waals surface area contributed by atoms with Crippen molar-refractivity contribution in [2.45, 2.75) is 109 Å².